The molecule has 0 bridgehead atoms. The molecule has 2 rings (SSSR count). The Labute approximate surface area is 163 Å². The van der Waals surface area contributed by atoms with Crippen LogP contribution in [0.15, 0.2) is 0 Å². The van der Waals surface area contributed by atoms with Crippen LogP contribution in [0.2, 0.25) is 90.7 Å². The average molecular weight is 451 g/mol. The molecule has 2 fully saturated rings. The first-order chi connectivity index (χ1) is 10.8. The van der Waals surface area contributed by atoms with Crippen LogP contribution in [0.5, 0.6) is 0 Å². The molecule has 25 heavy (non-hydrogen) atoms. The van der Waals surface area contributed by atoms with Crippen LogP contribution in [-0.2, 0) is 8.85 Å². The third-order valence-electron chi connectivity index (χ3n) is 8.88. The first kappa shape index (κ1) is 24.3. The first-order valence-electron chi connectivity index (χ1n) is 10.1. The van der Waals surface area contributed by atoms with E-state index < -0.39 is 45.1 Å². The lowest BCUT2D eigenvalue weighted by atomic mass is 10.5. The fourth-order valence-electron chi connectivity index (χ4n) is 4.35. The summed E-state index contributed by atoms with van der Waals surface area (Å²) < 4.78 is 12.3. The maximum Gasteiger partial charge on any atom is 0.171 e. The van der Waals surface area contributed by atoms with Gasteiger partial charge < -0.3 is 8.85 Å². The molecular formula is C17H46O2Si6. The van der Waals surface area contributed by atoms with Crippen molar-refractivity contribution in [2.75, 3.05) is 6.61 Å². The van der Waals surface area contributed by atoms with Gasteiger partial charge in [0.2, 0.25) is 0 Å². The second-order valence-corrected chi connectivity index (χ2v) is 66.6. The predicted octanol–water partition coefficient (Wildman–Crippen LogP) is 5.98. The topological polar surface area (TPSA) is 18.5 Å². The van der Waals surface area contributed by atoms with E-state index in [-0.39, 0.29) is 0 Å². The standard InChI is InChI=1S/C9H24OSi3.C8H22OSi3/c1-9-8-11(2,3)13(6,7)12(4,5)10-9;1-10(2)8-7-9-11(3,4)12(10,5)6/h9H,8H2,1-7H3;7-8H2,1-6H3. The van der Waals surface area contributed by atoms with Crippen molar-refractivity contribution in [2.45, 2.75) is 104 Å². The largest absolute Gasteiger partial charge is 0.421 e. The van der Waals surface area contributed by atoms with Gasteiger partial charge in [-0.05, 0) is 45.2 Å². The van der Waals surface area contributed by atoms with Crippen LogP contribution >= 0.6 is 0 Å². The maximum atomic E-state index is 6.26. The zero-order chi connectivity index (χ0) is 20.1. The quantitative estimate of drug-likeness (QED) is 0.422. The fourth-order valence-corrected chi connectivity index (χ4v) is 63.4. The summed E-state index contributed by atoms with van der Waals surface area (Å²) in [5.74, 6) is 0. The molecule has 2 nitrogen and oxygen atoms in total. The SMILES string of the molecule is CC1C[Si](C)(C)[Si](C)(C)[Si](C)(C)O1.C[Si]1(C)CCO[Si](C)(C)[Si]1(C)C. The number of hydrogen-bond donors (Lipinski definition) is 0. The van der Waals surface area contributed by atoms with Crippen molar-refractivity contribution in [1.82, 2.24) is 0 Å². The number of hydrogen-bond acceptors (Lipinski definition) is 2. The summed E-state index contributed by atoms with van der Waals surface area (Å²) in [5, 5.41) is 0. The Balaban J connectivity index is 0.000000251. The molecule has 1 atom stereocenters. The van der Waals surface area contributed by atoms with Gasteiger partial charge in [-0.25, -0.2) is 0 Å². The van der Waals surface area contributed by atoms with Gasteiger partial charge in [-0.1, -0.05) is 52.4 Å². The summed E-state index contributed by atoms with van der Waals surface area (Å²) in [5.41, 5.74) is 0. The second-order valence-electron chi connectivity index (χ2n) is 11.8. The molecule has 150 valence electrons. The minimum absolute atomic E-state index is 0.545. The molecule has 2 aliphatic rings. The van der Waals surface area contributed by atoms with Gasteiger partial charge >= 0.3 is 0 Å². The lowest BCUT2D eigenvalue weighted by Crippen LogP contribution is -2.75. The van der Waals surface area contributed by atoms with Gasteiger partial charge in [-0.15, -0.1) is 0 Å². The third kappa shape index (κ3) is 4.46. The van der Waals surface area contributed by atoms with Crippen molar-refractivity contribution < 1.29 is 8.85 Å². The first-order valence-corrected chi connectivity index (χ1v) is 32.4. The van der Waals surface area contributed by atoms with Crippen molar-refractivity contribution in [2.24, 2.45) is 0 Å². The molecule has 2 heterocycles. The van der Waals surface area contributed by atoms with Crippen molar-refractivity contribution in [3.05, 3.63) is 0 Å². The summed E-state index contributed by atoms with van der Waals surface area (Å²) in [6.07, 6.45) is 0.545. The zero-order valence-corrected chi connectivity index (χ0v) is 25.5. The van der Waals surface area contributed by atoms with E-state index in [2.05, 4.69) is 85.5 Å². The van der Waals surface area contributed by atoms with Gasteiger partial charge in [-0.2, -0.15) is 0 Å². The van der Waals surface area contributed by atoms with E-state index in [1.54, 1.807) is 0 Å². The summed E-state index contributed by atoms with van der Waals surface area (Å²) in [7, 11) is -6.41. The number of rotatable bonds is 0. The van der Waals surface area contributed by atoms with Crippen LogP contribution in [-0.4, -0.2) is 57.8 Å². The smallest absolute Gasteiger partial charge is 0.171 e. The normalized spacial score (nSPS) is 33.7. The monoisotopic (exact) mass is 450 g/mol. The van der Waals surface area contributed by atoms with E-state index in [1.165, 1.54) is 12.1 Å². The average Bonchev–Trinajstić information content (AvgIpc) is 2.33. The van der Waals surface area contributed by atoms with Crippen LogP contribution in [0.25, 0.3) is 0 Å². The molecule has 0 saturated carbocycles. The molecule has 2 saturated heterocycles. The van der Waals surface area contributed by atoms with Gasteiger partial charge in [-0.3, -0.25) is 0 Å². The molecule has 0 spiro atoms. The highest BCUT2D eigenvalue weighted by Gasteiger charge is 2.58. The highest BCUT2D eigenvalue weighted by Crippen LogP contribution is 2.39. The maximum absolute atomic E-state index is 6.26. The molecule has 0 aromatic heterocycles. The van der Waals surface area contributed by atoms with Crippen molar-refractivity contribution in [3.63, 3.8) is 0 Å². The van der Waals surface area contributed by atoms with Gasteiger partial charge in [0.05, 0.1) is 14.2 Å². The van der Waals surface area contributed by atoms with Gasteiger partial charge in [0.1, 0.15) is 0 Å². The molecule has 0 N–H and O–H groups in total. The van der Waals surface area contributed by atoms with Crippen LogP contribution in [0.4, 0.5) is 0 Å². The van der Waals surface area contributed by atoms with Crippen molar-refractivity contribution in [1.29, 1.82) is 0 Å². The minimum Gasteiger partial charge on any atom is -0.421 e. The second kappa shape index (κ2) is 7.24. The highest BCUT2D eigenvalue weighted by atomic mass is 29.7. The highest BCUT2D eigenvalue weighted by molar-refractivity contribution is 7.68. The van der Waals surface area contributed by atoms with E-state index in [0.29, 0.717) is 6.10 Å². The van der Waals surface area contributed by atoms with E-state index >= 15 is 0 Å². The van der Waals surface area contributed by atoms with Crippen molar-refractivity contribution in [3.8, 4) is 0 Å². The van der Waals surface area contributed by atoms with E-state index in [0.717, 1.165) is 6.61 Å². The zero-order valence-electron chi connectivity index (χ0n) is 19.5. The Bertz CT molecular complexity index is 448. The molecular weight excluding hydrogens is 405 g/mol. The molecule has 0 radical (unpaired) electrons. The van der Waals surface area contributed by atoms with Crippen LogP contribution in [0.1, 0.15) is 6.92 Å². The molecule has 0 aromatic carbocycles. The Morgan fingerprint density at radius 1 is 0.640 bits per heavy atom. The van der Waals surface area contributed by atoms with E-state index in [1.807, 2.05) is 0 Å². The van der Waals surface area contributed by atoms with E-state index in [4.69, 9.17) is 8.85 Å². The molecule has 0 aromatic rings. The minimum atomic E-state index is -1.32. The van der Waals surface area contributed by atoms with Gasteiger partial charge in [0.25, 0.3) is 0 Å². The summed E-state index contributed by atoms with van der Waals surface area (Å²) in [6, 6.07) is 2.80. The lowest BCUT2D eigenvalue weighted by Gasteiger charge is -2.54. The molecule has 1 unspecified atom stereocenters. The Morgan fingerprint density at radius 3 is 1.44 bits per heavy atom. The molecule has 2 aliphatic heterocycles. The molecule has 0 aliphatic carbocycles. The lowest BCUT2D eigenvalue weighted by molar-refractivity contribution is 0.235. The summed E-state index contributed by atoms with van der Waals surface area (Å²) >= 11 is 0. The van der Waals surface area contributed by atoms with Crippen LogP contribution < -0.4 is 0 Å². The van der Waals surface area contributed by atoms with Crippen LogP contribution in [0, 0.1) is 0 Å². The van der Waals surface area contributed by atoms with E-state index in [9.17, 15) is 0 Å². The van der Waals surface area contributed by atoms with Gasteiger partial charge in [0, 0.05) is 27.9 Å². The molecule has 0 amide bonds. The summed E-state index contributed by atoms with van der Waals surface area (Å²) in [6.45, 7) is 33.8. The van der Waals surface area contributed by atoms with Crippen molar-refractivity contribution >= 4 is 45.1 Å². The Morgan fingerprint density at radius 2 is 1.08 bits per heavy atom. The summed E-state index contributed by atoms with van der Waals surface area (Å²) in [4.78, 5) is 0. The molecule has 8 heteroatoms. The fraction of sp³-hybridized carbons (Fsp3) is 1.00. The third-order valence-corrected chi connectivity index (χ3v) is 90.2. The predicted molar refractivity (Wildman–Crippen MR) is 131 cm³/mol. The Kier molecular flexibility index (Phi) is 7.02. The van der Waals surface area contributed by atoms with Crippen LogP contribution in [0.3, 0.4) is 0 Å². The van der Waals surface area contributed by atoms with Gasteiger partial charge in [0.15, 0.2) is 15.7 Å². The Hall–Kier alpha value is 1.22.